The highest BCUT2D eigenvalue weighted by molar-refractivity contribution is 5.65. The smallest absolute Gasteiger partial charge is 0.295 e. The molecular weight excluding hydrogens is 438 g/mol. The Bertz CT molecular complexity index is 1280. The first-order valence-corrected chi connectivity index (χ1v) is 12.8. The summed E-state index contributed by atoms with van der Waals surface area (Å²) in [5, 5.41) is 14.4. The van der Waals surface area contributed by atoms with Crippen LogP contribution >= 0.6 is 0 Å². The van der Waals surface area contributed by atoms with Crippen molar-refractivity contribution in [1.29, 1.82) is 0 Å². The minimum absolute atomic E-state index is 0.113. The predicted molar refractivity (Wildman–Crippen MR) is 137 cm³/mol. The molecule has 3 aromatic rings. The van der Waals surface area contributed by atoms with E-state index in [1.807, 2.05) is 33.7 Å². The number of rotatable bonds is 9. The summed E-state index contributed by atoms with van der Waals surface area (Å²) in [5.74, 6) is 2.29. The van der Waals surface area contributed by atoms with Gasteiger partial charge in [-0.15, -0.1) is 5.10 Å². The normalized spacial score (nSPS) is 25.5. The summed E-state index contributed by atoms with van der Waals surface area (Å²) in [4.78, 5) is 18.2. The molecule has 35 heavy (non-hydrogen) atoms. The average molecular weight is 474 g/mol. The quantitative estimate of drug-likeness (QED) is 0.493. The molecule has 0 amide bonds. The molecule has 184 valence electrons. The van der Waals surface area contributed by atoms with Gasteiger partial charge in [0.05, 0.1) is 0 Å². The number of aromatic nitrogens is 6. The van der Waals surface area contributed by atoms with Crippen LogP contribution < -0.4 is 5.69 Å². The number of aliphatic imine (C=N–C) groups is 1. The van der Waals surface area contributed by atoms with E-state index < -0.39 is 0 Å². The molecule has 1 fully saturated rings. The maximum absolute atomic E-state index is 13.9. The molecule has 0 saturated heterocycles. The number of nitrogens with zero attached hydrogens (tertiary/aromatic N) is 6. The van der Waals surface area contributed by atoms with Gasteiger partial charge >= 0.3 is 5.69 Å². The monoisotopic (exact) mass is 473 g/mol. The van der Waals surface area contributed by atoms with Crippen LogP contribution in [-0.4, -0.2) is 36.0 Å². The molecule has 1 N–H and O–H groups in total. The van der Waals surface area contributed by atoms with Gasteiger partial charge in [-0.1, -0.05) is 58.4 Å². The summed E-state index contributed by atoms with van der Waals surface area (Å²) in [6, 6.07) is 8.57. The largest absolute Gasteiger partial charge is 0.328 e. The number of H-pyrrole nitrogens is 1. The van der Waals surface area contributed by atoms with Gasteiger partial charge in [0.2, 0.25) is 0 Å². The van der Waals surface area contributed by atoms with Crippen LogP contribution in [0.4, 0.5) is 0 Å². The Labute approximate surface area is 206 Å². The third-order valence-corrected chi connectivity index (χ3v) is 7.90. The van der Waals surface area contributed by atoms with Gasteiger partial charge in [-0.05, 0) is 59.1 Å². The fraction of sp³-hybridized carbons (Fsp3) is 0.519. The van der Waals surface area contributed by atoms with Gasteiger partial charge < -0.3 is 0 Å². The molecule has 2 aromatic heterocycles. The molecule has 1 aliphatic carbocycles. The molecule has 5 rings (SSSR count). The summed E-state index contributed by atoms with van der Waals surface area (Å²) < 4.78 is 4.07. The Morgan fingerprint density at radius 3 is 2.80 bits per heavy atom. The Hall–Kier alpha value is -3.29. The zero-order chi connectivity index (χ0) is 24.6. The molecule has 8 heteroatoms. The van der Waals surface area contributed by atoms with Crippen molar-refractivity contribution in [1.82, 2.24) is 29.8 Å². The number of benzene rings is 1. The van der Waals surface area contributed by atoms with Crippen molar-refractivity contribution >= 4 is 6.21 Å². The summed E-state index contributed by atoms with van der Waals surface area (Å²) in [7, 11) is 0. The number of imidazole rings is 1. The Morgan fingerprint density at radius 1 is 1.29 bits per heavy atom. The summed E-state index contributed by atoms with van der Waals surface area (Å²) in [5.41, 5.74) is 2.90. The molecule has 1 aliphatic heterocycles. The second kappa shape index (κ2) is 9.40. The highest BCUT2D eigenvalue weighted by atomic mass is 16.1. The van der Waals surface area contributed by atoms with Gasteiger partial charge in [0.1, 0.15) is 0 Å². The maximum atomic E-state index is 13.9. The molecule has 0 bridgehead atoms. The first kappa shape index (κ1) is 23.5. The van der Waals surface area contributed by atoms with E-state index in [1.165, 1.54) is 0 Å². The third kappa shape index (κ3) is 4.30. The third-order valence-electron chi connectivity index (χ3n) is 7.90. The second-order valence-corrected chi connectivity index (χ2v) is 10.5. The lowest BCUT2D eigenvalue weighted by Gasteiger charge is -2.32. The fourth-order valence-electron chi connectivity index (χ4n) is 5.89. The maximum Gasteiger partial charge on any atom is 0.328 e. The van der Waals surface area contributed by atoms with Gasteiger partial charge in [-0.2, -0.15) is 0 Å². The predicted octanol–water partition coefficient (Wildman–Crippen LogP) is 4.56. The Morgan fingerprint density at radius 2 is 2.14 bits per heavy atom. The van der Waals surface area contributed by atoms with Crippen LogP contribution in [0.1, 0.15) is 64.3 Å². The van der Waals surface area contributed by atoms with Crippen molar-refractivity contribution in [2.75, 3.05) is 0 Å². The summed E-state index contributed by atoms with van der Waals surface area (Å²) in [6.07, 6.45) is 11.9. The lowest BCUT2D eigenvalue weighted by atomic mass is 9.76. The standard InChI is InChI=1S/C27H35N7O/c1-5-6-10-22-16-33(24-19(4)23(24)18(2)3)26(35)34(22)17-27(11-13-28-14-12-27)21-9-7-8-20(15-21)25-29-31-32-30-25/h7-9,11,13-16,18-19,23-24H,5-6,10,12,17H2,1-4H3,(H,29,30,31,32). The minimum Gasteiger partial charge on any atom is -0.295 e. The van der Waals surface area contributed by atoms with E-state index in [2.05, 4.69) is 77.7 Å². The molecule has 1 saturated carbocycles. The molecule has 0 spiro atoms. The van der Waals surface area contributed by atoms with E-state index in [0.717, 1.165) is 42.5 Å². The topological polar surface area (TPSA) is 93.7 Å². The van der Waals surface area contributed by atoms with Crippen molar-refractivity contribution in [2.24, 2.45) is 22.7 Å². The number of aryl methyl sites for hydroxylation is 1. The molecular formula is C27H35N7O. The van der Waals surface area contributed by atoms with Gasteiger partial charge in [0.25, 0.3) is 0 Å². The van der Waals surface area contributed by atoms with E-state index in [4.69, 9.17) is 0 Å². The van der Waals surface area contributed by atoms with E-state index in [-0.39, 0.29) is 11.1 Å². The lowest BCUT2D eigenvalue weighted by molar-refractivity contribution is 0.431. The molecule has 1 aromatic carbocycles. The van der Waals surface area contributed by atoms with E-state index in [9.17, 15) is 4.79 Å². The van der Waals surface area contributed by atoms with Crippen molar-refractivity contribution < 1.29 is 0 Å². The van der Waals surface area contributed by atoms with Gasteiger partial charge in [0.15, 0.2) is 5.82 Å². The summed E-state index contributed by atoms with van der Waals surface area (Å²) in [6.45, 7) is 9.57. The van der Waals surface area contributed by atoms with E-state index in [1.54, 1.807) is 0 Å². The highest BCUT2D eigenvalue weighted by Gasteiger charge is 2.50. The molecule has 0 radical (unpaired) electrons. The average Bonchev–Trinajstić information content (AvgIpc) is 3.18. The van der Waals surface area contributed by atoms with Crippen LogP contribution in [0.2, 0.25) is 0 Å². The van der Waals surface area contributed by atoms with Crippen molar-refractivity contribution in [3.63, 3.8) is 0 Å². The fourth-order valence-corrected chi connectivity index (χ4v) is 5.89. The number of nitrogens with one attached hydrogen (secondary N) is 1. The number of unbranched alkanes of at least 4 members (excludes halogenated alkanes) is 1. The molecule has 2 aliphatic rings. The lowest BCUT2D eigenvalue weighted by Crippen LogP contribution is -2.37. The van der Waals surface area contributed by atoms with Crippen molar-refractivity contribution in [2.45, 2.75) is 71.4 Å². The van der Waals surface area contributed by atoms with Crippen molar-refractivity contribution in [3.8, 4) is 11.4 Å². The van der Waals surface area contributed by atoms with Crippen LogP contribution in [0, 0.1) is 17.8 Å². The molecule has 3 heterocycles. The minimum atomic E-state index is -0.380. The van der Waals surface area contributed by atoms with Crippen LogP contribution in [0.5, 0.6) is 0 Å². The number of aromatic amines is 1. The van der Waals surface area contributed by atoms with Crippen LogP contribution in [0.3, 0.4) is 0 Å². The van der Waals surface area contributed by atoms with Gasteiger partial charge in [-0.3, -0.25) is 14.1 Å². The Balaban J connectivity index is 1.56. The zero-order valence-electron chi connectivity index (χ0n) is 21.1. The van der Waals surface area contributed by atoms with Crippen LogP contribution in [0.25, 0.3) is 11.4 Å². The molecule has 4 atom stereocenters. The number of tetrazole rings is 1. The number of hydrogen-bond acceptors (Lipinski definition) is 5. The SMILES string of the molecule is CCCCc1cn(C2C(C)C2C(C)C)c(=O)n1CC1(c2cccc(-c3nnn[nH]3)c2)C=CN=CC1. The first-order valence-electron chi connectivity index (χ1n) is 12.8. The molecule has 4 unspecified atom stereocenters. The van der Waals surface area contributed by atoms with Crippen molar-refractivity contribution in [3.05, 3.63) is 64.5 Å². The number of hydrogen-bond donors (Lipinski definition) is 1. The van der Waals surface area contributed by atoms with E-state index in [0.29, 0.717) is 36.2 Å². The number of allylic oxidation sites excluding steroid dienone is 1. The Kier molecular flexibility index (Phi) is 6.30. The van der Waals surface area contributed by atoms with Crippen LogP contribution in [0.15, 0.2) is 52.5 Å². The van der Waals surface area contributed by atoms with E-state index >= 15 is 0 Å². The second-order valence-electron chi connectivity index (χ2n) is 10.5. The van der Waals surface area contributed by atoms with Gasteiger partial charge in [-0.25, -0.2) is 9.89 Å². The highest BCUT2D eigenvalue weighted by Crippen LogP contribution is 2.53. The molecule has 8 nitrogen and oxygen atoms in total. The zero-order valence-corrected chi connectivity index (χ0v) is 21.1. The van der Waals surface area contributed by atoms with Crippen LogP contribution in [-0.2, 0) is 18.4 Å². The summed E-state index contributed by atoms with van der Waals surface area (Å²) >= 11 is 0. The first-order chi connectivity index (χ1) is 16.9. The van der Waals surface area contributed by atoms with Gasteiger partial charge in [0, 0.05) is 47.9 Å².